The SMILES string of the molecule is Cc1ccc2c(c1)CCC1C2CCC2(CO2)[C@H]1CCC#N. The fraction of sp³-hybridized carbons (Fsp3) is 0.632. The number of rotatable bonds is 2. The molecule has 2 fully saturated rings. The van der Waals surface area contributed by atoms with E-state index in [-0.39, 0.29) is 5.60 Å². The molecule has 0 bridgehead atoms. The van der Waals surface area contributed by atoms with Crippen molar-refractivity contribution in [3.05, 3.63) is 34.9 Å². The summed E-state index contributed by atoms with van der Waals surface area (Å²) in [5.41, 5.74) is 4.70. The van der Waals surface area contributed by atoms with Gasteiger partial charge < -0.3 is 4.74 Å². The van der Waals surface area contributed by atoms with Crippen molar-refractivity contribution in [1.29, 1.82) is 5.26 Å². The lowest BCUT2D eigenvalue weighted by Gasteiger charge is -2.45. The van der Waals surface area contributed by atoms with Gasteiger partial charge in [0.15, 0.2) is 0 Å². The van der Waals surface area contributed by atoms with Crippen LogP contribution in [0.2, 0.25) is 0 Å². The first-order chi connectivity index (χ1) is 10.2. The lowest BCUT2D eigenvalue weighted by molar-refractivity contribution is 0.0686. The summed E-state index contributed by atoms with van der Waals surface area (Å²) in [5.74, 6) is 2.03. The number of hydrogen-bond donors (Lipinski definition) is 0. The minimum Gasteiger partial charge on any atom is -0.369 e. The second-order valence-corrected chi connectivity index (χ2v) is 7.21. The molecule has 0 amide bonds. The monoisotopic (exact) mass is 281 g/mol. The van der Waals surface area contributed by atoms with Crippen LogP contribution in [0.15, 0.2) is 18.2 Å². The van der Waals surface area contributed by atoms with Crippen molar-refractivity contribution in [2.45, 2.75) is 57.0 Å². The molecule has 3 unspecified atom stereocenters. The van der Waals surface area contributed by atoms with Crippen LogP contribution in [-0.4, -0.2) is 12.2 Å². The molecule has 0 aromatic heterocycles. The van der Waals surface area contributed by atoms with Crippen LogP contribution in [0.25, 0.3) is 0 Å². The van der Waals surface area contributed by atoms with Crippen LogP contribution in [0, 0.1) is 30.1 Å². The topological polar surface area (TPSA) is 36.3 Å². The maximum atomic E-state index is 8.98. The second-order valence-electron chi connectivity index (χ2n) is 7.21. The highest BCUT2D eigenvalue weighted by molar-refractivity contribution is 5.38. The fourth-order valence-electron chi connectivity index (χ4n) is 5.04. The lowest BCUT2D eigenvalue weighted by atomic mass is 9.59. The highest BCUT2D eigenvalue weighted by Crippen LogP contribution is 2.58. The minimum atomic E-state index is 0.153. The van der Waals surface area contributed by atoms with E-state index in [2.05, 4.69) is 31.2 Å². The van der Waals surface area contributed by atoms with Crippen molar-refractivity contribution in [2.75, 3.05) is 6.61 Å². The van der Waals surface area contributed by atoms with E-state index in [1.165, 1.54) is 31.2 Å². The van der Waals surface area contributed by atoms with Gasteiger partial charge in [-0.05, 0) is 67.9 Å². The molecular formula is C19H23NO. The number of nitrogens with zero attached hydrogens (tertiary/aromatic N) is 1. The Labute approximate surface area is 127 Å². The summed E-state index contributed by atoms with van der Waals surface area (Å²) in [7, 11) is 0. The Hall–Kier alpha value is -1.33. The molecule has 2 nitrogen and oxygen atoms in total. The molecule has 0 N–H and O–H groups in total. The lowest BCUT2D eigenvalue weighted by Crippen LogP contribution is -2.41. The molecule has 1 saturated carbocycles. The number of hydrogen-bond acceptors (Lipinski definition) is 2. The maximum absolute atomic E-state index is 8.98. The van der Waals surface area contributed by atoms with E-state index in [1.54, 1.807) is 11.1 Å². The molecule has 1 aromatic rings. The van der Waals surface area contributed by atoms with E-state index in [0.717, 1.165) is 18.9 Å². The van der Waals surface area contributed by atoms with Gasteiger partial charge in [-0.2, -0.15) is 5.26 Å². The summed E-state index contributed by atoms with van der Waals surface area (Å²) in [5, 5.41) is 8.98. The van der Waals surface area contributed by atoms with E-state index in [1.807, 2.05) is 0 Å². The van der Waals surface area contributed by atoms with Crippen LogP contribution in [-0.2, 0) is 11.2 Å². The summed E-state index contributed by atoms with van der Waals surface area (Å²) in [6, 6.07) is 9.37. The van der Waals surface area contributed by atoms with Gasteiger partial charge in [-0.15, -0.1) is 0 Å². The van der Waals surface area contributed by atoms with Crippen molar-refractivity contribution in [2.24, 2.45) is 11.8 Å². The van der Waals surface area contributed by atoms with Gasteiger partial charge in [0, 0.05) is 6.42 Å². The molecule has 3 aliphatic rings. The van der Waals surface area contributed by atoms with Crippen molar-refractivity contribution >= 4 is 0 Å². The van der Waals surface area contributed by atoms with Gasteiger partial charge in [-0.1, -0.05) is 23.8 Å². The maximum Gasteiger partial charge on any atom is 0.0947 e. The van der Waals surface area contributed by atoms with Gasteiger partial charge in [-0.3, -0.25) is 0 Å². The van der Waals surface area contributed by atoms with Crippen molar-refractivity contribution in [1.82, 2.24) is 0 Å². The number of aryl methyl sites for hydroxylation is 2. The van der Waals surface area contributed by atoms with E-state index < -0.39 is 0 Å². The summed E-state index contributed by atoms with van der Waals surface area (Å²) in [4.78, 5) is 0. The van der Waals surface area contributed by atoms with Gasteiger partial charge in [0.1, 0.15) is 0 Å². The third kappa shape index (κ3) is 2.10. The molecule has 1 aliphatic heterocycles. The second kappa shape index (κ2) is 4.85. The molecule has 1 aromatic carbocycles. The molecule has 2 heteroatoms. The van der Waals surface area contributed by atoms with Crippen LogP contribution in [0.1, 0.15) is 54.7 Å². The van der Waals surface area contributed by atoms with E-state index in [9.17, 15) is 0 Å². The average molecular weight is 281 g/mol. The van der Waals surface area contributed by atoms with Gasteiger partial charge >= 0.3 is 0 Å². The number of benzene rings is 1. The standard InChI is InChI=1S/C19H23NO/c1-13-4-6-15-14(11-13)5-7-17-16(15)8-9-19(12-21-19)18(17)3-2-10-20/h4,6,11,16-18H,2-3,5,7-9,12H2,1H3/t16?,17?,18-,19?/m0/s1. The number of nitriles is 1. The highest BCUT2D eigenvalue weighted by atomic mass is 16.6. The van der Waals surface area contributed by atoms with Gasteiger partial charge in [0.2, 0.25) is 0 Å². The van der Waals surface area contributed by atoms with Crippen molar-refractivity contribution in [3.8, 4) is 6.07 Å². The Morgan fingerprint density at radius 3 is 3.00 bits per heavy atom. The molecule has 21 heavy (non-hydrogen) atoms. The Bertz CT molecular complexity index is 596. The average Bonchev–Trinajstić information content (AvgIpc) is 3.26. The van der Waals surface area contributed by atoms with Crippen molar-refractivity contribution in [3.63, 3.8) is 0 Å². The normalized spacial score (nSPS) is 36.7. The molecular weight excluding hydrogens is 258 g/mol. The van der Waals surface area contributed by atoms with E-state index in [0.29, 0.717) is 18.3 Å². The fourth-order valence-corrected chi connectivity index (χ4v) is 5.04. The van der Waals surface area contributed by atoms with Crippen LogP contribution >= 0.6 is 0 Å². The van der Waals surface area contributed by atoms with Gasteiger partial charge in [0.25, 0.3) is 0 Å². The summed E-state index contributed by atoms with van der Waals surface area (Å²) in [6.07, 6.45) is 6.65. The first-order valence-electron chi connectivity index (χ1n) is 8.34. The quantitative estimate of drug-likeness (QED) is 0.764. The number of fused-ring (bicyclic) bond motifs is 3. The van der Waals surface area contributed by atoms with Gasteiger partial charge in [0.05, 0.1) is 18.3 Å². The van der Waals surface area contributed by atoms with Crippen molar-refractivity contribution < 1.29 is 4.74 Å². The molecule has 2 aliphatic carbocycles. The zero-order valence-electron chi connectivity index (χ0n) is 12.8. The van der Waals surface area contributed by atoms with Crippen LogP contribution in [0.5, 0.6) is 0 Å². The molecule has 4 atom stereocenters. The predicted molar refractivity (Wildman–Crippen MR) is 82.0 cm³/mol. The summed E-state index contributed by atoms with van der Waals surface area (Å²) in [6.45, 7) is 3.13. The Balaban J connectivity index is 1.66. The molecule has 1 spiro atoms. The minimum absolute atomic E-state index is 0.153. The highest BCUT2D eigenvalue weighted by Gasteiger charge is 2.58. The summed E-state index contributed by atoms with van der Waals surface area (Å²) >= 11 is 0. The largest absolute Gasteiger partial charge is 0.369 e. The van der Waals surface area contributed by atoms with E-state index in [4.69, 9.17) is 10.00 Å². The molecule has 4 rings (SSSR count). The Morgan fingerprint density at radius 1 is 1.38 bits per heavy atom. The van der Waals surface area contributed by atoms with Crippen LogP contribution < -0.4 is 0 Å². The van der Waals surface area contributed by atoms with Crippen LogP contribution in [0.4, 0.5) is 0 Å². The Morgan fingerprint density at radius 2 is 2.24 bits per heavy atom. The van der Waals surface area contributed by atoms with E-state index >= 15 is 0 Å². The van der Waals surface area contributed by atoms with Crippen LogP contribution in [0.3, 0.4) is 0 Å². The molecule has 0 radical (unpaired) electrons. The number of ether oxygens (including phenoxy) is 1. The molecule has 1 heterocycles. The smallest absolute Gasteiger partial charge is 0.0947 e. The first-order valence-corrected chi connectivity index (χ1v) is 8.34. The zero-order chi connectivity index (χ0) is 14.4. The predicted octanol–water partition coefficient (Wildman–Crippen LogP) is 4.12. The number of epoxide rings is 1. The Kier molecular flexibility index (Phi) is 3.08. The van der Waals surface area contributed by atoms with Gasteiger partial charge in [-0.25, -0.2) is 0 Å². The third-order valence-corrected chi connectivity index (χ3v) is 6.12. The molecule has 1 saturated heterocycles. The summed E-state index contributed by atoms with van der Waals surface area (Å²) < 4.78 is 5.89. The third-order valence-electron chi connectivity index (χ3n) is 6.12. The molecule has 110 valence electrons. The zero-order valence-corrected chi connectivity index (χ0v) is 12.8. The first kappa shape index (κ1) is 13.3.